The highest BCUT2D eigenvalue weighted by Gasteiger charge is 2.46. The Hall–Kier alpha value is -1.64. The number of alkyl halides is 3. The Morgan fingerprint density at radius 2 is 1.86 bits per heavy atom. The third-order valence-electron chi connectivity index (χ3n) is 6.90. The molecule has 4 fully saturated rings. The zero-order chi connectivity index (χ0) is 20.2. The van der Waals surface area contributed by atoms with Crippen LogP contribution in [-0.2, 0) is 9.53 Å². The highest BCUT2D eigenvalue weighted by molar-refractivity contribution is 5.77. The molecule has 9 heteroatoms. The molecule has 0 radical (unpaired) electrons. The van der Waals surface area contributed by atoms with Crippen molar-refractivity contribution < 1.29 is 22.7 Å². The van der Waals surface area contributed by atoms with E-state index in [-0.39, 0.29) is 24.0 Å². The predicted molar refractivity (Wildman–Crippen MR) is 97.0 cm³/mol. The van der Waals surface area contributed by atoms with Crippen LogP contribution >= 0.6 is 0 Å². The molecule has 0 bridgehead atoms. The van der Waals surface area contributed by atoms with Gasteiger partial charge in [-0.2, -0.15) is 13.2 Å². The molecule has 3 aliphatic carbocycles. The lowest BCUT2D eigenvalue weighted by molar-refractivity contribution is -0.160. The number of carbonyl (C=O) groups is 1. The summed E-state index contributed by atoms with van der Waals surface area (Å²) in [4.78, 5) is 13.5. The third kappa shape index (κ3) is 4.44. The van der Waals surface area contributed by atoms with Gasteiger partial charge in [0.25, 0.3) is 0 Å². The Morgan fingerprint density at radius 1 is 1.14 bits per heavy atom. The molecule has 2 heterocycles. The van der Waals surface area contributed by atoms with Gasteiger partial charge in [-0.15, -0.1) is 5.10 Å². The van der Waals surface area contributed by atoms with E-state index in [1.54, 1.807) is 0 Å². The Labute approximate surface area is 167 Å². The van der Waals surface area contributed by atoms with Gasteiger partial charge in [0.05, 0.1) is 17.8 Å². The van der Waals surface area contributed by atoms with Gasteiger partial charge < -0.3 is 9.64 Å². The summed E-state index contributed by atoms with van der Waals surface area (Å²) in [6.07, 6.45) is 2.43. The molecule has 1 amide bonds. The second kappa shape index (κ2) is 7.25. The van der Waals surface area contributed by atoms with Crippen molar-refractivity contribution in [3.05, 3.63) is 11.9 Å². The van der Waals surface area contributed by atoms with Crippen LogP contribution < -0.4 is 0 Å². The first-order valence-electron chi connectivity index (χ1n) is 10.7. The topological polar surface area (TPSA) is 60.2 Å². The highest BCUT2D eigenvalue weighted by atomic mass is 19.4. The lowest BCUT2D eigenvalue weighted by Gasteiger charge is -2.37. The van der Waals surface area contributed by atoms with E-state index in [1.807, 2.05) is 10.9 Å². The quantitative estimate of drug-likeness (QED) is 0.719. The molecular weight excluding hydrogens is 385 g/mol. The minimum absolute atomic E-state index is 0.0247. The Bertz CT molecular complexity index is 759. The second-order valence-corrected chi connectivity index (χ2v) is 9.36. The predicted octanol–water partition coefficient (Wildman–Crippen LogP) is 3.31. The van der Waals surface area contributed by atoms with E-state index in [4.69, 9.17) is 4.74 Å². The van der Waals surface area contributed by atoms with Crippen molar-refractivity contribution in [3.8, 4) is 0 Å². The minimum atomic E-state index is -4.46. The summed E-state index contributed by atoms with van der Waals surface area (Å²) in [6, 6.07) is 0.0349. The number of amides is 1. The van der Waals surface area contributed by atoms with Crippen molar-refractivity contribution in [2.24, 2.45) is 17.8 Å². The summed E-state index contributed by atoms with van der Waals surface area (Å²) in [6.45, 7) is 1.54. The third-order valence-corrected chi connectivity index (χ3v) is 6.90. The summed E-state index contributed by atoms with van der Waals surface area (Å²) < 4.78 is 46.1. The van der Waals surface area contributed by atoms with Gasteiger partial charge in [-0.25, -0.2) is 4.68 Å². The van der Waals surface area contributed by atoms with Crippen LogP contribution in [0.25, 0.3) is 0 Å². The number of aromatic nitrogens is 3. The van der Waals surface area contributed by atoms with Crippen LogP contribution in [0.4, 0.5) is 13.2 Å². The Kier molecular flexibility index (Phi) is 4.83. The number of rotatable bonds is 6. The summed E-state index contributed by atoms with van der Waals surface area (Å²) in [5.74, 6) is 0.730. The standard InChI is InChI=1S/C20H27F3N4O2/c21-20(22,23)7-19(28)26-8-14-5-17(27-10-16(24-25-27)13-3-4-13)18(6-15(14)9-26)29-11-12-1-2-12/h10,12-15,17-18H,1-9,11H2/t14-,15+,17-,18-/m1/s1. The zero-order valence-electron chi connectivity index (χ0n) is 16.4. The zero-order valence-corrected chi connectivity index (χ0v) is 16.4. The van der Waals surface area contributed by atoms with Crippen molar-refractivity contribution >= 4 is 5.91 Å². The van der Waals surface area contributed by atoms with E-state index < -0.39 is 18.5 Å². The fourth-order valence-electron chi connectivity index (χ4n) is 4.90. The SMILES string of the molecule is O=C(CC(F)(F)F)N1C[C@H]2C[C@@H](n3cc(C4CC4)nn3)[C@H](OCC3CC3)C[C@H]2C1. The van der Waals surface area contributed by atoms with Crippen LogP contribution in [0.2, 0.25) is 0 Å². The molecule has 0 aromatic carbocycles. The van der Waals surface area contributed by atoms with E-state index in [1.165, 1.54) is 17.7 Å². The van der Waals surface area contributed by atoms with Crippen LogP contribution in [0.1, 0.15) is 62.6 Å². The fourth-order valence-corrected chi connectivity index (χ4v) is 4.90. The maximum absolute atomic E-state index is 12.6. The van der Waals surface area contributed by atoms with E-state index in [0.717, 1.165) is 38.0 Å². The normalized spacial score (nSPS) is 32.4. The number of halogens is 3. The molecule has 1 aromatic rings. The maximum Gasteiger partial charge on any atom is 0.397 e. The summed E-state index contributed by atoms with van der Waals surface area (Å²) in [5, 5.41) is 8.70. The van der Waals surface area contributed by atoms with Crippen LogP contribution in [0.5, 0.6) is 0 Å². The number of hydrogen-bond donors (Lipinski definition) is 0. The van der Waals surface area contributed by atoms with Crippen LogP contribution in [-0.4, -0.2) is 57.8 Å². The molecule has 5 rings (SSSR count). The number of nitrogens with zero attached hydrogens (tertiary/aromatic N) is 4. The lowest BCUT2D eigenvalue weighted by atomic mass is 9.77. The average Bonchev–Trinajstić information content (AvgIpc) is 3.58. The van der Waals surface area contributed by atoms with Crippen molar-refractivity contribution in [2.45, 2.75) is 69.2 Å². The fraction of sp³-hybridized carbons (Fsp3) is 0.850. The molecule has 4 atom stereocenters. The number of fused-ring (bicyclic) bond motifs is 1. The van der Waals surface area contributed by atoms with Gasteiger partial charge in [0.2, 0.25) is 5.91 Å². The van der Waals surface area contributed by atoms with Gasteiger partial charge in [-0.3, -0.25) is 4.79 Å². The molecule has 160 valence electrons. The molecule has 0 spiro atoms. The van der Waals surface area contributed by atoms with E-state index in [2.05, 4.69) is 10.3 Å². The van der Waals surface area contributed by atoms with Gasteiger partial charge >= 0.3 is 6.18 Å². The second-order valence-electron chi connectivity index (χ2n) is 9.36. The van der Waals surface area contributed by atoms with Crippen molar-refractivity contribution in [1.29, 1.82) is 0 Å². The van der Waals surface area contributed by atoms with Gasteiger partial charge in [-0.1, -0.05) is 5.21 Å². The number of ether oxygens (including phenoxy) is 1. The summed E-state index contributed by atoms with van der Waals surface area (Å²) in [7, 11) is 0. The van der Waals surface area contributed by atoms with Crippen molar-refractivity contribution in [2.75, 3.05) is 19.7 Å². The Morgan fingerprint density at radius 3 is 2.52 bits per heavy atom. The molecule has 1 aromatic heterocycles. The summed E-state index contributed by atoms with van der Waals surface area (Å²) in [5.41, 5.74) is 1.03. The highest BCUT2D eigenvalue weighted by Crippen LogP contribution is 2.44. The first-order chi connectivity index (χ1) is 13.9. The van der Waals surface area contributed by atoms with Gasteiger partial charge in [0.1, 0.15) is 6.42 Å². The molecule has 3 saturated carbocycles. The van der Waals surface area contributed by atoms with Crippen molar-refractivity contribution in [1.82, 2.24) is 19.9 Å². The van der Waals surface area contributed by atoms with Gasteiger partial charge in [0.15, 0.2) is 0 Å². The van der Waals surface area contributed by atoms with Crippen LogP contribution in [0.3, 0.4) is 0 Å². The largest absolute Gasteiger partial charge is 0.397 e. The molecule has 1 aliphatic heterocycles. The van der Waals surface area contributed by atoms with Crippen LogP contribution in [0, 0.1) is 17.8 Å². The van der Waals surface area contributed by atoms with E-state index in [9.17, 15) is 18.0 Å². The monoisotopic (exact) mass is 412 g/mol. The average molecular weight is 412 g/mol. The molecule has 4 aliphatic rings. The van der Waals surface area contributed by atoms with Crippen molar-refractivity contribution in [3.63, 3.8) is 0 Å². The van der Waals surface area contributed by atoms with E-state index >= 15 is 0 Å². The van der Waals surface area contributed by atoms with Crippen LogP contribution in [0.15, 0.2) is 6.20 Å². The molecule has 0 N–H and O–H groups in total. The lowest BCUT2D eigenvalue weighted by Crippen LogP contribution is -2.38. The first kappa shape index (κ1) is 19.3. The molecule has 6 nitrogen and oxygen atoms in total. The number of carbonyl (C=O) groups excluding carboxylic acids is 1. The molecular formula is C20H27F3N4O2. The Balaban J connectivity index is 1.29. The number of likely N-dealkylation sites (tertiary alicyclic amines) is 1. The minimum Gasteiger partial charge on any atom is -0.376 e. The van der Waals surface area contributed by atoms with Gasteiger partial charge in [-0.05, 0) is 56.3 Å². The maximum atomic E-state index is 12.6. The molecule has 1 saturated heterocycles. The first-order valence-corrected chi connectivity index (χ1v) is 10.7. The van der Waals surface area contributed by atoms with E-state index in [0.29, 0.717) is 24.9 Å². The van der Waals surface area contributed by atoms with Gasteiger partial charge in [0, 0.05) is 31.8 Å². The molecule has 29 heavy (non-hydrogen) atoms. The summed E-state index contributed by atoms with van der Waals surface area (Å²) >= 11 is 0. The molecule has 0 unspecified atom stereocenters. The number of hydrogen-bond acceptors (Lipinski definition) is 4. The smallest absolute Gasteiger partial charge is 0.376 e.